The largest absolute Gasteiger partial charge is 0.311 e. The molecule has 0 aromatic rings. The third kappa shape index (κ3) is 3.29. The van der Waals surface area contributed by atoms with Gasteiger partial charge < -0.3 is 5.32 Å². The van der Waals surface area contributed by atoms with Crippen LogP contribution in [-0.4, -0.2) is 59.1 Å². The molecule has 2 heterocycles. The Kier molecular flexibility index (Phi) is 4.68. The van der Waals surface area contributed by atoms with Gasteiger partial charge in [-0.1, -0.05) is 6.92 Å². The van der Waals surface area contributed by atoms with Gasteiger partial charge in [0.2, 0.25) is 0 Å². The van der Waals surface area contributed by atoms with Crippen molar-refractivity contribution in [1.82, 2.24) is 10.2 Å². The Morgan fingerprint density at radius 2 is 2.20 bits per heavy atom. The highest BCUT2D eigenvalue weighted by Gasteiger charge is 2.27. The molecule has 2 rings (SSSR count). The Morgan fingerprint density at radius 1 is 1.33 bits per heavy atom. The van der Waals surface area contributed by atoms with Crippen LogP contribution in [0.15, 0.2) is 0 Å². The van der Waals surface area contributed by atoms with E-state index in [9.17, 15) is 0 Å². The van der Waals surface area contributed by atoms with Gasteiger partial charge in [0, 0.05) is 54.2 Å². The second-order valence-corrected chi connectivity index (χ2v) is 7.17. The molecule has 3 unspecified atom stereocenters. The van der Waals surface area contributed by atoms with Gasteiger partial charge in [-0.15, -0.1) is 0 Å². The van der Waals surface area contributed by atoms with Crippen LogP contribution in [0.4, 0.5) is 0 Å². The molecule has 0 amide bonds. The highest BCUT2D eigenvalue weighted by atomic mass is 32.2. The minimum absolute atomic E-state index is 0.724. The zero-order valence-corrected chi connectivity index (χ0v) is 11.4. The maximum absolute atomic E-state index is 3.63. The molecular weight excluding hydrogens is 224 g/mol. The molecule has 0 bridgehead atoms. The maximum atomic E-state index is 3.63. The minimum Gasteiger partial charge on any atom is -0.311 e. The van der Waals surface area contributed by atoms with Gasteiger partial charge in [0.25, 0.3) is 0 Å². The van der Waals surface area contributed by atoms with E-state index in [0.717, 1.165) is 17.3 Å². The second-order valence-electron chi connectivity index (χ2n) is 4.54. The summed E-state index contributed by atoms with van der Waals surface area (Å²) in [5, 5.41) is 4.43. The average Bonchev–Trinajstić information content (AvgIpc) is 2.26. The summed E-state index contributed by atoms with van der Waals surface area (Å²) in [6, 6.07) is 1.47. The highest BCUT2D eigenvalue weighted by Crippen LogP contribution is 2.24. The number of hydrogen-bond acceptors (Lipinski definition) is 4. The smallest absolute Gasteiger partial charge is 0.0286 e. The van der Waals surface area contributed by atoms with Gasteiger partial charge in [-0.05, 0) is 6.92 Å². The molecule has 2 fully saturated rings. The molecule has 88 valence electrons. The van der Waals surface area contributed by atoms with E-state index in [0.29, 0.717) is 0 Å². The van der Waals surface area contributed by atoms with Crippen LogP contribution in [-0.2, 0) is 0 Å². The Labute approximate surface area is 102 Å². The summed E-state index contributed by atoms with van der Waals surface area (Å²) < 4.78 is 0. The zero-order valence-electron chi connectivity index (χ0n) is 9.74. The predicted octanol–water partition coefficient (Wildman–Crippen LogP) is 1.52. The molecule has 0 spiro atoms. The van der Waals surface area contributed by atoms with E-state index in [1.54, 1.807) is 0 Å². The van der Waals surface area contributed by atoms with Crippen molar-refractivity contribution in [3.05, 3.63) is 0 Å². The average molecular weight is 246 g/mol. The van der Waals surface area contributed by atoms with E-state index in [1.807, 2.05) is 0 Å². The maximum Gasteiger partial charge on any atom is 0.0286 e. The first-order chi connectivity index (χ1) is 7.27. The molecule has 0 aliphatic carbocycles. The number of thioether (sulfide) groups is 2. The third-order valence-corrected chi connectivity index (χ3v) is 5.94. The van der Waals surface area contributed by atoms with E-state index < -0.39 is 0 Å². The summed E-state index contributed by atoms with van der Waals surface area (Å²) in [4.78, 5) is 2.67. The number of hydrogen-bond donors (Lipinski definition) is 1. The first-order valence-corrected chi connectivity index (χ1v) is 8.14. The fraction of sp³-hybridized carbons (Fsp3) is 1.00. The van der Waals surface area contributed by atoms with Crippen molar-refractivity contribution >= 4 is 23.5 Å². The molecule has 3 atom stereocenters. The fourth-order valence-corrected chi connectivity index (χ4v) is 4.37. The van der Waals surface area contributed by atoms with Gasteiger partial charge in [-0.3, -0.25) is 4.90 Å². The summed E-state index contributed by atoms with van der Waals surface area (Å²) in [5.41, 5.74) is 0. The van der Waals surface area contributed by atoms with E-state index in [1.165, 1.54) is 36.9 Å². The monoisotopic (exact) mass is 246 g/mol. The molecule has 15 heavy (non-hydrogen) atoms. The lowest BCUT2D eigenvalue weighted by atomic mass is 10.2. The Morgan fingerprint density at radius 3 is 2.93 bits per heavy atom. The normalized spacial score (nSPS) is 39.2. The summed E-state index contributed by atoms with van der Waals surface area (Å²) >= 11 is 4.22. The van der Waals surface area contributed by atoms with Crippen molar-refractivity contribution in [1.29, 1.82) is 0 Å². The van der Waals surface area contributed by atoms with Gasteiger partial charge >= 0.3 is 0 Å². The van der Waals surface area contributed by atoms with E-state index in [4.69, 9.17) is 0 Å². The topological polar surface area (TPSA) is 15.3 Å². The van der Waals surface area contributed by atoms with Gasteiger partial charge in [-0.25, -0.2) is 0 Å². The standard InChI is InChI=1S/C11H22N2S2/c1-9-10(2)15-6-4-13(9)7-11-8-14-5-3-12-11/h9-12H,3-8H2,1-2H3. The molecule has 0 aromatic carbocycles. The van der Waals surface area contributed by atoms with Gasteiger partial charge in [-0.2, -0.15) is 23.5 Å². The summed E-state index contributed by atoms with van der Waals surface area (Å²) in [6.07, 6.45) is 0. The third-order valence-electron chi connectivity index (χ3n) is 3.47. The van der Waals surface area contributed by atoms with Crippen molar-refractivity contribution in [3.8, 4) is 0 Å². The molecular formula is C11H22N2S2. The second kappa shape index (κ2) is 5.80. The summed E-state index contributed by atoms with van der Waals surface area (Å²) in [5.74, 6) is 3.90. The van der Waals surface area contributed by atoms with Crippen LogP contribution in [0.3, 0.4) is 0 Å². The van der Waals surface area contributed by atoms with Crippen molar-refractivity contribution in [2.75, 3.05) is 36.9 Å². The molecule has 0 radical (unpaired) electrons. The number of nitrogens with one attached hydrogen (secondary N) is 1. The minimum atomic E-state index is 0.724. The first-order valence-electron chi connectivity index (χ1n) is 5.94. The van der Waals surface area contributed by atoms with Gasteiger partial charge in [0.1, 0.15) is 0 Å². The predicted molar refractivity (Wildman–Crippen MR) is 72.1 cm³/mol. The molecule has 2 aliphatic heterocycles. The first kappa shape index (κ1) is 12.1. The number of rotatable bonds is 2. The quantitative estimate of drug-likeness (QED) is 0.794. The fourth-order valence-electron chi connectivity index (χ4n) is 2.27. The van der Waals surface area contributed by atoms with Crippen molar-refractivity contribution in [2.24, 2.45) is 0 Å². The van der Waals surface area contributed by atoms with Crippen LogP contribution in [0.5, 0.6) is 0 Å². The molecule has 0 aromatic heterocycles. The molecule has 2 nitrogen and oxygen atoms in total. The van der Waals surface area contributed by atoms with Crippen molar-refractivity contribution in [3.63, 3.8) is 0 Å². The lowest BCUT2D eigenvalue weighted by Gasteiger charge is -2.40. The Balaban J connectivity index is 1.81. The van der Waals surface area contributed by atoms with Crippen molar-refractivity contribution in [2.45, 2.75) is 31.2 Å². The molecule has 2 saturated heterocycles. The van der Waals surface area contributed by atoms with Crippen LogP contribution >= 0.6 is 23.5 Å². The van der Waals surface area contributed by atoms with Gasteiger partial charge in [0.15, 0.2) is 0 Å². The molecule has 4 heteroatoms. The van der Waals surface area contributed by atoms with Gasteiger partial charge in [0.05, 0.1) is 0 Å². The molecule has 0 saturated carbocycles. The molecule has 2 aliphatic rings. The lowest BCUT2D eigenvalue weighted by Crippen LogP contribution is -2.52. The van der Waals surface area contributed by atoms with Crippen LogP contribution in [0, 0.1) is 0 Å². The van der Waals surface area contributed by atoms with Crippen molar-refractivity contribution < 1.29 is 0 Å². The lowest BCUT2D eigenvalue weighted by molar-refractivity contribution is 0.195. The summed E-state index contributed by atoms with van der Waals surface area (Å²) in [7, 11) is 0. The van der Waals surface area contributed by atoms with Crippen LogP contribution in [0.25, 0.3) is 0 Å². The van der Waals surface area contributed by atoms with Crippen LogP contribution in [0.2, 0.25) is 0 Å². The van der Waals surface area contributed by atoms with Crippen LogP contribution < -0.4 is 5.32 Å². The molecule has 1 N–H and O–H groups in total. The highest BCUT2D eigenvalue weighted by molar-refractivity contribution is 8.00. The number of nitrogens with zero attached hydrogens (tertiary/aromatic N) is 1. The Hall–Kier alpha value is 0.620. The zero-order chi connectivity index (χ0) is 10.7. The van der Waals surface area contributed by atoms with Crippen LogP contribution in [0.1, 0.15) is 13.8 Å². The Bertz CT molecular complexity index is 195. The summed E-state index contributed by atoms with van der Waals surface area (Å²) in [6.45, 7) is 8.47. The van der Waals surface area contributed by atoms with E-state index in [-0.39, 0.29) is 0 Å². The van der Waals surface area contributed by atoms with E-state index in [2.05, 4.69) is 47.6 Å². The SMILES string of the molecule is CC1SCCN(CC2CSCCN2)C1C. The van der Waals surface area contributed by atoms with E-state index >= 15 is 0 Å².